The van der Waals surface area contributed by atoms with Crippen molar-refractivity contribution in [3.05, 3.63) is 28.8 Å². The maximum Gasteiger partial charge on any atom is 0.237 e. The molecule has 2 heterocycles. The van der Waals surface area contributed by atoms with Crippen molar-refractivity contribution < 1.29 is 9.53 Å². The van der Waals surface area contributed by atoms with E-state index in [1.807, 2.05) is 11.9 Å². The quantitative estimate of drug-likeness (QED) is 0.805. The first kappa shape index (κ1) is 18.9. The zero-order valence-corrected chi connectivity index (χ0v) is 17.6. The van der Waals surface area contributed by atoms with E-state index in [0.29, 0.717) is 24.7 Å². The molecule has 0 bridgehead atoms. The fourth-order valence-electron chi connectivity index (χ4n) is 5.65. The molecule has 27 heavy (non-hydrogen) atoms. The highest BCUT2D eigenvalue weighted by molar-refractivity contribution is 6.08. The first-order valence-electron chi connectivity index (χ1n) is 10.4. The molecule has 4 rings (SSSR count). The summed E-state index contributed by atoms with van der Waals surface area (Å²) in [7, 11) is 4.21. The smallest absolute Gasteiger partial charge is 0.237 e. The Morgan fingerprint density at radius 3 is 2.56 bits per heavy atom. The molecule has 0 N–H and O–H groups in total. The van der Waals surface area contributed by atoms with Crippen LogP contribution in [0.5, 0.6) is 0 Å². The maximum absolute atomic E-state index is 13.3. The maximum atomic E-state index is 13.3. The zero-order chi connectivity index (χ0) is 19.4. The minimum Gasteiger partial charge on any atom is -0.381 e. The number of likely N-dealkylation sites (N-methyl/N-ethyl adjacent to an activating group) is 1. The van der Waals surface area contributed by atoms with E-state index >= 15 is 0 Å². The molecule has 148 valence electrons. The fourth-order valence-corrected chi connectivity index (χ4v) is 5.65. The molecule has 4 heteroatoms. The van der Waals surface area contributed by atoms with Gasteiger partial charge in [-0.2, -0.15) is 0 Å². The molecule has 1 amide bonds. The summed E-state index contributed by atoms with van der Waals surface area (Å²) >= 11 is 0. The Bertz CT molecular complexity index is 749. The molecule has 1 aromatic carbocycles. The van der Waals surface area contributed by atoms with E-state index in [0.717, 1.165) is 25.1 Å². The summed E-state index contributed by atoms with van der Waals surface area (Å²) in [5.41, 5.74) is 5.06. The molecule has 4 nitrogen and oxygen atoms in total. The predicted octanol–water partition coefficient (Wildman–Crippen LogP) is 4.03. The molecule has 1 saturated carbocycles. The highest BCUT2D eigenvalue weighted by Crippen LogP contribution is 2.49. The van der Waals surface area contributed by atoms with Crippen LogP contribution in [0.1, 0.15) is 62.6 Å². The third kappa shape index (κ3) is 3.11. The van der Waals surface area contributed by atoms with Crippen molar-refractivity contribution in [1.29, 1.82) is 0 Å². The van der Waals surface area contributed by atoms with Crippen LogP contribution in [0, 0.1) is 12.3 Å². The van der Waals surface area contributed by atoms with E-state index in [4.69, 9.17) is 4.74 Å². The lowest BCUT2D eigenvalue weighted by atomic mass is 9.74. The number of anilines is 1. The average molecular weight is 371 g/mol. The van der Waals surface area contributed by atoms with Gasteiger partial charge in [0.25, 0.3) is 0 Å². The van der Waals surface area contributed by atoms with Gasteiger partial charge in [-0.3, -0.25) is 9.69 Å². The predicted molar refractivity (Wildman–Crippen MR) is 109 cm³/mol. The van der Waals surface area contributed by atoms with Crippen LogP contribution in [0.4, 0.5) is 5.69 Å². The van der Waals surface area contributed by atoms with Gasteiger partial charge in [-0.25, -0.2) is 0 Å². The molecule has 0 radical (unpaired) electrons. The number of ether oxygens (including phenoxy) is 1. The molecule has 3 aliphatic rings. The SMILES string of the molecule is Cc1cc(CN(C)C2CCC(C)(C)C2)c2c(c1)C1(CCOCC1)C(=O)N2C. The molecular formula is C23H34N2O2. The zero-order valence-electron chi connectivity index (χ0n) is 17.6. The second-order valence-corrected chi connectivity index (χ2v) is 9.85. The minimum atomic E-state index is -0.364. The van der Waals surface area contributed by atoms with Crippen molar-refractivity contribution in [3.63, 3.8) is 0 Å². The number of carbonyl (C=O) groups is 1. The van der Waals surface area contributed by atoms with Gasteiger partial charge in [0, 0.05) is 32.8 Å². The van der Waals surface area contributed by atoms with Gasteiger partial charge in [-0.05, 0) is 62.6 Å². The van der Waals surface area contributed by atoms with Crippen molar-refractivity contribution in [2.75, 3.05) is 32.2 Å². The van der Waals surface area contributed by atoms with Gasteiger partial charge >= 0.3 is 0 Å². The summed E-state index contributed by atoms with van der Waals surface area (Å²) in [6, 6.07) is 5.18. The van der Waals surface area contributed by atoms with Gasteiger partial charge in [0.1, 0.15) is 0 Å². The number of benzene rings is 1. The van der Waals surface area contributed by atoms with Crippen molar-refractivity contribution >= 4 is 11.6 Å². The summed E-state index contributed by atoms with van der Waals surface area (Å²) in [5, 5.41) is 0. The van der Waals surface area contributed by atoms with Crippen molar-refractivity contribution in [2.24, 2.45) is 5.41 Å². The van der Waals surface area contributed by atoms with Gasteiger partial charge < -0.3 is 9.64 Å². The van der Waals surface area contributed by atoms with Crippen LogP contribution in [-0.2, 0) is 21.5 Å². The van der Waals surface area contributed by atoms with Crippen LogP contribution in [0.25, 0.3) is 0 Å². The van der Waals surface area contributed by atoms with E-state index in [9.17, 15) is 4.79 Å². The third-order valence-electron chi connectivity index (χ3n) is 7.23. The fraction of sp³-hybridized carbons (Fsp3) is 0.696. The largest absolute Gasteiger partial charge is 0.381 e. The number of carbonyl (C=O) groups excluding carboxylic acids is 1. The van der Waals surface area contributed by atoms with Crippen LogP contribution in [0.15, 0.2) is 12.1 Å². The van der Waals surface area contributed by atoms with Crippen LogP contribution in [0.3, 0.4) is 0 Å². The molecule has 1 spiro atoms. The van der Waals surface area contributed by atoms with Crippen molar-refractivity contribution in [1.82, 2.24) is 4.90 Å². The minimum absolute atomic E-state index is 0.261. The van der Waals surface area contributed by atoms with E-state index < -0.39 is 0 Å². The number of rotatable bonds is 3. The van der Waals surface area contributed by atoms with Gasteiger partial charge in [-0.1, -0.05) is 31.5 Å². The Morgan fingerprint density at radius 1 is 1.22 bits per heavy atom. The highest BCUT2D eigenvalue weighted by atomic mass is 16.5. The average Bonchev–Trinajstić information content (AvgIpc) is 3.08. The summed E-state index contributed by atoms with van der Waals surface area (Å²) < 4.78 is 5.59. The van der Waals surface area contributed by atoms with Gasteiger partial charge in [0.2, 0.25) is 5.91 Å². The van der Waals surface area contributed by atoms with Gasteiger partial charge in [0.05, 0.1) is 11.1 Å². The van der Waals surface area contributed by atoms with E-state index in [2.05, 4.69) is 44.9 Å². The van der Waals surface area contributed by atoms with E-state index in [1.165, 1.54) is 36.0 Å². The number of aryl methyl sites for hydroxylation is 1. The molecule has 0 aromatic heterocycles. The number of amides is 1. The molecular weight excluding hydrogens is 336 g/mol. The third-order valence-corrected chi connectivity index (χ3v) is 7.23. The van der Waals surface area contributed by atoms with E-state index in [1.54, 1.807) is 0 Å². The van der Waals surface area contributed by atoms with E-state index in [-0.39, 0.29) is 11.3 Å². The lowest BCUT2D eigenvalue weighted by Gasteiger charge is -2.32. The lowest BCUT2D eigenvalue weighted by Crippen LogP contribution is -2.42. The topological polar surface area (TPSA) is 32.8 Å². The molecule has 1 unspecified atom stereocenters. The number of nitrogens with zero attached hydrogens (tertiary/aromatic N) is 2. The normalized spacial score (nSPS) is 26.2. The van der Waals surface area contributed by atoms with Crippen LogP contribution in [-0.4, -0.2) is 44.2 Å². The summed E-state index contributed by atoms with van der Waals surface area (Å²) in [4.78, 5) is 17.7. The molecule has 1 saturated heterocycles. The summed E-state index contributed by atoms with van der Waals surface area (Å²) in [5.74, 6) is 0.261. The highest BCUT2D eigenvalue weighted by Gasteiger charge is 2.51. The van der Waals surface area contributed by atoms with Gasteiger partial charge in [0.15, 0.2) is 0 Å². The molecule has 2 fully saturated rings. The second-order valence-electron chi connectivity index (χ2n) is 9.85. The number of fused-ring (bicyclic) bond motifs is 2. The number of hydrogen-bond acceptors (Lipinski definition) is 3. The molecule has 1 aliphatic carbocycles. The Hall–Kier alpha value is -1.39. The Labute approximate surface area is 163 Å². The second kappa shape index (κ2) is 6.59. The Morgan fingerprint density at radius 2 is 1.93 bits per heavy atom. The van der Waals surface area contributed by atoms with Crippen LogP contribution in [0.2, 0.25) is 0 Å². The first-order chi connectivity index (χ1) is 12.7. The summed E-state index contributed by atoms with van der Waals surface area (Å²) in [6.07, 6.45) is 5.44. The summed E-state index contributed by atoms with van der Waals surface area (Å²) in [6.45, 7) is 9.20. The van der Waals surface area contributed by atoms with Crippen LogP contribution < -0.4 is 4.90 Å². The Balaban J connectivity index is 1.68. The van der Waals surface area contributed by atoms with Crippen LogP contribution >= 0.6 is 0 Å². The van der Waals surface area contributed by atoms with Crippen molar-refractivity contribution in [3.8, 4) is 0 Å². The van der Waals surface area contributed by atoms with Gasteiger partial charge in [-0.15, -0.1) is 0 Å². The molecule has 1 atom stereocenters. The lowest BCUT2D eigenvalue weighted by molar-refractivity contribution is -0.126. The number of hydrogen-bond donors (Lipinski definition) is 0. The standard InChI is InChI=1S/C23H34N2O2/c1-16-12-17(15-24(4)18-6-7-22(2,3)14-18)20-19(13-16)23(21(26)25(20)5)8-10-27-11-9-23/h12-13,18H,6-11,14-15H2,1-5H3. The Kier molecular flexibility index (Phi) is 4.63. The monoisotopic (exact) mass is 370 g/mol. The first-order valence-corrected chi connectivity index (χ1v) is 10.4. The molecule has 2 aliphatic heterocycles. The molecule has 1 aromatic rings. The van der Waals surface area contributed by atoms with Crippen molar-refractivity contribution in [2.45, 2.75) is 70.9 Å².